The summed E-state index contributed by atoms with van der Waals surface area (Å²) in [5, 5.41) is 10.7. The second-order valence-corrected chi connectivity index (χ2v) is 36.9. The quantitative estimate of drug-likeness (QED) is 0.0222. The van der Waals surface area contributed by atoms with Gasteiger partial charge in [-0.25, -0.2) is 9.13 Å². The van der Waals surface area contributed by atoms with Gasteiger partial charge in [0.1, 0.15) is 19.3 Å². The van der Waals surface area contributed by atoms with Gasteiger partial charge in [0.25, 0.3) is 0 Å². The van der Waals surface area contributed by atoms with Crippen molar-refractivity contribution in [2.75, 3.05) is 39.6 Å². The van der Waals surface area contributed by atoms with Crippen LogP contribution >= 0.6 is 15.6 Å². The van der Waals surface area contributed by atoms with E-state index in [9.17, 15) is 43.2 Å². The summed E-state index contributed by atoms with van der Waals surface area (Å²) in [7, 11) is -9.94. The van der Waals surface area contributed by atoms with Crippen LogP contribution in [0.1, 0.15) is 497 Å². The molecule has 0 saturated carbocycles. The number of hydrogen-bond donors (Lipinski definition) is 3. The van der Waals surface area contributed by atoms with Crippen LogP contribution in [0.15, 0.2) is 0 Å². The van der Waals surface area contributed by atoms with Crippen molar-refractivity contribution in [2.45, 2.75) is 516 Å². The first-order valence-electron chi connectivity index (χ1n) is 47.5. The highest BCUT2D eigenvalue weighted by atomic mass is 31.2. The van der Waals surface area contributed by atoms with Crippen molar-refractivity contribution >= 4 is 39.5 Å². The van der Waals surface area contributed by atoms with Crippen LogP contribution in [-0.4, -0.2) is 96.7 Å². The van der Waals surface area contributed by atoms with Gasteiger partial charge in [-0.15, -0.1) is 0 Å². The number of carbonyl (C=O) groups excluding carboxylic acids is 4. The van der Waals surface area contributed by atoms with E-state index in [4.69, 9.17) is 37.0 Å². The molecule has 0 fully saturated rings. The number of phosphoric ester groups is 2. The lowest BCUT2D eigenvalue weighted by molar-refractivity contribution is -0.161. The lowest BCUT2D eigenvalue weighted by Crippen LogP contribution is -2.30. The Kier molecular flexibility index (Phi) is 81.7. The predicted molar refractivity (Wildman–Crippen MR) is 460 cm³/mol. The molecular weight excluding hydrogens is 1440 g/mol. The van der Waals surface area contributed by atoms with E-state index in [1.54, 1.807) is 0 Å². The van der Waals surface area contributed by atoms with Gasteiger partial charge in [0.2, 0.25) is 0 Å². The Hall–Kier alpha value is -1.94. The highest BCUT2D eigenvalue weighted by Crippen LogP contribution is 2.45. The molecule has 5 atom stereocenters. The van der Waals surface area contributed by atoms with Crippen LogP contribution in [0.2, 0.25) is 0 Å². The van der Waals surface area contributed by atoms with Crippen molar-refractivity contribution < 1.29 is 80.2 Å². The fraction of sp³-hybridized carbons (Fsp3) is 0.957. The smallest absolute Gasteiger partial charge is 0.462 e. The minimum absolute atomic E-state index is 0.109. The SMILES string of the molecule is CCCCCCCCCCCCCCCCCCCC(=O)O[C@H](COC(=O)CCCCCCCCCCCCCC)COP(=O)(O)OC[C@H](O)COP(=O)(O)OC[C@@H](COC(=O)CCCCCCCCCCCCCCCCCCCCC(C)C)OC(=O)CCCCCCCCCCCCCCCCCCCCC(C)C. The molecule has 0 heterocycles. The lowest BCUT2D eigenvalue weighted by Gasteiger charge is -2.21. The van der Waals surface area contributed by atoms with Crippen LogP contribution < -0.4 is 0 Å². The Morgan fingerprint density at radius 3 is 0.613 bits per heavy atom. The molecule has 3 N–H and O–H groups in total. The summed E-state index contributed by atoms with van der Waals surface area (Å²) in [5.41, 5.74) is 0. The van der Waals surface area contributed by atoms with Crippen molar-refractivity contribution in [2.24, 2.45) is 11.8 Å². The zero-order valence-corrected chi connectivity index (χ0v) is 75.1. The first kappa shape index (κ1) is 109. The van der Waals surface area contributed by atoms with Crippen molar-refractivity contribution in [3.05, 3.63) is 0 Å². The molecule has 0 aliphatic rings. The molecule has 0 saturated heterocycles. The van der Waals surface area contributed by atoms with Crippen molar-refractivity contribution in [1.82, 2.24) is 0 Å². The Morgan fingerprint density at radius 1 is 0.243 bits per heavy atom. The highest BCUT2D eigenvalue weighted by molar-refractivity contribution is 7.47. The number of hydrogen-bond acceptors (Lipinski definition) is 15. The van der Waals surface area contributed by atoms with Gasteiger partial charge >= 0.3 is 39.5 Å². The van der Waals surface area contributed by atoms with E-state index >= 15 is 0 Å². The second-order valence-electron chi connectivity index (χ2n) is 34.0. The van der Waals surface area contributed by atoms with Crippen LogP contribution in [0, 0.1) is 11.8 Å². The third kappa shape index (κ3) is 85.8. The summed E-state index contributed by atoms with van der Waals surface area (Å²) in [6.45, 7) is 9.79. The zero-order chi connectivity index (χ0) is 81.3. The van der Waals surface area contributed by atoms with Crippen LogP contribution in [0.4, 0.5) is 0 Å². The van der Waals surface area contributed by atoms with Gasteiger partial charge in [0.05, 0.1) is 26.4 Å². The van der Waals surface area contributed by atoms with Gasteiger partial charge in [0, 0.05) is 25.7 Å². The van der Waals surface area contributed by atoms with Gasteiger partial charge in [0.15, 0.2) is 12.2 Å². The molecule has 660 valence electrons. The number of phosphoric acid groups is 2. The maximum absolute atomic E-state index is 13.2. The topological polar surface area (TPSA) is 237 Å². The Bertz CT molecular complexity index is 2120. The van der Waals surface area contributed by atoms with E-state index in [-0.39, 0.29) is 25.7 Å². The molecular formula is C92H180O17P2. The predicted octanol–water partition coefficient (Wildman–Crippen LogP) is 28.6. The average molecular weight is 1620 g/mol. The summed E-state index contributed by atoms with van der Waals surface area (Å²) in [4.78, 5) is 73.5. The monoisotopic (exact) mass is 1620 g/mol. The molecule has 111 heavy (non-hydrogen) atoms. The molecule has 0 amide bonds. The molecule has 0 aromatic heterocycles. The first-order chi connectivity index (χ1) is 53.9. The number of esters is 4. The number of rotatable bonds is 91. The minimum Gasteiger partial charge on any atom is -0.462 e. The molecule has 0 aromatic rings. The fourth-order valence-corrected chi connectivity index (χ4v) is 16.1. The van der Waals surface area contributed by atoms with Crippen molar-refractivity contribution in [3.8, 4) is 0 Å². The summed E-state index contributed by atoms with van der Waals surface area (Å²) < 4.78 is 69.1. The third-order valence-electron chi connectivity index (χ3n) is 21.7. The molecule has 0 radical (unpaired) electrons. The van der Waals surface area contributed by atoms with Gasteiger partial charge in [-0.3, -0.25) is 37.3 Å². The molecule has 0 aliphatic carbocycles. The average Bonchev–Trinajstić information content (AvgIpc) is 0.900. The second kappa shape index (κ2) is 83.1. The van der Waals surface area contributed by atoms with Crippen LogP contribution in [0.25, 0.3) is 0 Å². The van der Waals surface area contributed by atoms with E-state index < -0.39 is 97.5 Å². The van der Waals surface area contributed by atoms with E-state index in [0.29, 0.717) is 25.7 Å². The van der Waals surface area contributed by atoms with Gasteiger partial charge in [-0.1, -0.05) is 446 Å². The molecule has 0 rings (SSSR count). The summed E-state index contributed by atoms with van der Waals surface area (Å²) in [6.07, 6.45) is 77.8. The van der Waals surface area contributed by atoms with E-state index in [1.807, 2.05) is 0 Å². The highest BCUT2D eigenvalue weighted by Gasteiger charge is 2.31. The van der Waals surface area contributed by atoms with Gasteiger partial charge < -0.3 is 33.8 Å². The molecule has 0 spiro atoms. The summed E-state index contributed by atoms with van der Waals surface area (Å²) >= 11 is 0. The molecule has 17 nitrogen and oxygen atoms in total. The third-order valence-corrected chi connectivity index (χ3v) is 23.6. The molecule has 0 aromatic carbocycles. The maximum atomic E-state index is 13.2. The fourth-order valence-electron chi connectivity index (χ4n) is 14.5. The van der Waals surface area contributed by atoms with Crippen molar-refractivity contribution in [3.63, 3.8) is 0 Å². The Labute approximate surface area is 683 Å². The van der Waals surface area contributed by atoms with Crippen molar-refractivity contribution in [1.29, 1.82) is 0 Å². The normalized spacial score (nSPS) is 13.7. The maximum Gasteiger partial charge on any atom is 0.472 e. The number of ether oxygens (including phenoxy) is 4. The molecule has 2 unspecified atom stereocenters. The summed E-state index contributed by atoms with van der Waals surface area (Å²) in [6, 6.07) is 0. The van der Waals surface area contributed by atoms with Crippen LogP contribution in [0.3, 0.4) is 0 Å². The van der Waals surface area contributed by atoms with Gasteiger partial charge in [-0.2, -0.15) is 0 Å². The first-order valence-corrected chi connectivity index (χ1v) is 50.5. The minimum atomic E-state index is -4.97. The van der Waals surface area contributed by atoms with E-state index in [0.717, 1.165) is 102 Å². The Morgan fingerprint density at radius 2 is 0.414 bits per heavy atom. The summed E-state index contributed by atoms with van der Waals surface area (Å²) in [5.74, 6) is -0.449. The zero-order valence-electron chi connectivity index (χ0n) is 73.3. The number of aliphatic hydroxyl groups is 1. The number of aliphatic hydroxyl groups excluding tert-OH is 1. The van der Waals surface area contributed by atoms with Crippen LogP contribution in [0.5, 0.6) is 0 Å². The standard InChI is InChI=1S/C92H180O17P2/c1-7-9-11-13-15-17-19-21-22-27-35-40-46-52-58-64-70-76-91(96)108-87(80-102-89(94)74-68-62-56-50-44-20-18-16-14-12-10-8-2)82-106-110(98,99)104-78-86(93)79-105-111(100,101)107-83-88(109-92(97)77-71-65-59-53-47-41-36-31-26-24-29-33-38-43-49-55-61-67-73-85(5)6)81-103-90(95)75-69-63-57-51-45-39-34-30-25-23-28-32-37-42-48-54-60-66-72-84(3)4/h84-88,93H,7-83H2,1-6H3,(H,98,99)(H,100,101)/t86-,87+,88+/m0/s1. The number of unbranched alkanes of at least 4 members (excludes halogenated alkanes) is 61. The van der Waals surface area contributed by atoms with E-state index in [1.165, 1.54) is 315 Å². The number of carbonyl (C=O) groups is 4. The van der Waals surface area contributed by atoms with Crippen LogP contribution in [-0.2, 0) is 65.4 Å². The lowest BCUT2D eigenvalue weighted by atomic mass is 10.0. The van der Waals surface area contributed by atoms with E-state index in [2.05, 4.69) is 41.5 Å². The molecule has 0 aliphatic heterocycles. The van der Waals surface area contributed by atoms with Gasteiger partial charge in [-0.05, 0) is 37.5 Å². The molecule has 0 bridgehead atoms. The Balaban J connectivity index is 5.24. The molecule has 19 heteroatoms. The largest absolute Gasteiger partial charge is 0.472 e.